The number of carbonyl (C=O) groups is 3. The van der Waals surface area contributed by atoms with Crippen LogP contribution in [-0.4, -0.2) is 90.6 Å². The number of hydrogen-bond acceptors (Lipinski definition) is 9. The fourth-order valence-electron chi connectivity index (χ4n) is 5.84. The highest BCUT2D eigenvalue weighted by atomic mass is 16.7. The van der Waals surface area contributed by atoms with Gasteiger partial charge < -0.3 is 34.1 Å². The topological polar surface area (TPSA) is 123 Å². The van der Waals surface area contributed by atoms with E-state index >= 15 is 0 Å². The van der Waals surface area contributed by atoms with Gasteiger partial charge >= 0.3 is 5.97 Å². The molecular formula is C31H51NO8. The van der Waals surface area contributed by atoms with Gasteiger partial charge in [-0.25, -0.2) is 0 Å². The Morgan fingerprint density at radius 2 is 1.85 bits per heavy atom. The third-order valence-corrected chi connectivity index (χ3v) is 8.30. The third-order valence-electron chi connectivity index (χ3n) is 8.30. The molecule has 0 aromatic heterocycles. The van der Waals surface area contributed by atoms with Gasteiger partial charge in [0, 0.05) is 30.7 Å². The van der Waals surface area contributed by atoms with Gasteiger partial charge in [-0.3, -0.25) is 9.59 Å². The molecule has 9 heteroatoms. The number of ether oxygens (including phenoxy) is 3. The lowest BCUT2D eigenvalue weighted by molar-refractivity contribution is -0.280. The van der Waals surface area contributed by atoms with Crippen molar-refractivity contribution in [3.05, 3.63) is 23.8 Å². The number of cyclic esters (lactones) is 1. The minimum atomic E-state index is -0.913. The highest BCUT2D eigenvalue weighted by molar-refractivity contribution is 5.91. The number of hydrogen-bond donors (Lipinski definition) is 2. The van der Waals surface area contributed by atoms with E-state index < -0.39 is 24.6 Å². The fraction of sp³-hybridized carbons (Fsp3) is 0.774. The molecule has 0 aromatic carbocycles. The molecule has 1 saturated heterocycles. The van der Waals surface area contributed by atoms with E-state index in [1.165, 1.54) is 6.08 Å². The molecule has 0 bridgehead atoms. The van der Waals surface area contributed by atoms with Crippen LogP contribution in [0.4, 0.5) is 0 Å². The first-order valence-corrected chi connectivity index (χ1v) is 14.7. The second-order valence-corrected chi connectivity index (χ2v) is 11.9. The van der Waals surface area contributed by atoms with Crippen molar-refractivity contribution < 1.29 is 38.8 Å². The molecule has 228 valence electrons. The number of rotatable bonds is 7. The molecular weight excluding hydrogens is 514 g/mol. The second-order valence-electron chi connectivity index (χ2n) is 11.9. The zero-order valence-corrected chi connectivity index (χ0v) is 25.3. The van der Waals surface area contributed by atoms with Gasteiger partial charge in [-0.2, -0.15) is 0 Å². The van der Waals surface area contributed by atoms with Crippen LogP contribution in [0.15, 0.2) is 23.8 Å². The van der Waals surface area contributed by atoms with Gasteiger partial charge in [0.1, 0.15) is 18.5 Å². The number of nitrogens with zero attached hydrogens (tertiary/aromatic N) is 1. The average molecular weight is 566 g/mol. The molecule has 1 fully saturated rings. The zero-order chi connectivity index (χ0) is 30.0. The first-order chi connectivity index (χ1) is 18.9. The van der Waals surface area contributed by atoms with Crippen LogP contribution in [0.2, 0.25) is 0 Å². The van der Waals surface area contributed by atoms with Crippen LogP contribution >= 0.6 is 0 Å². The maximum absolute atomic E-state index is 13.1. The van der Waals surface area contributed by atoms with Crippen molar-refractivity contribution in [3.8, 4) is 0 Å². The SMILES string of the molecule is CC[C@H]1OC(=O)CC[C@H](C)[C@@H](O[C@@H]2O[C@H](C)C[C@H](N(C)C)[C@H]2O)C(CC=O)C[C@@H](C)C(=O)/C=C/C(C)=C/[C@@H]1CO. The maximum Gasteiger partial charge on any atom is 0.306 e. The molecule has 2 N–H and O–H groups in total. The summed E-state index contributed by atoms with van der Waals surface area (Å²) in [6.45, 7) is 9.29. The van der Waals surface area contributed by atoms with Gasteiger partial charge in [-0.1, -0.05) is 38.5 Å². The Balaban J connectivity index is 2.43. The van der Waals surface area contributed by atoms with E-state index in [0.29, 0.717) is 25.7 Å². The lowest BCUT2D eigenvalue weighted by Crippen LogP contribution is -2.55. The van der Waals surface area contributed by atoms with Crippen molar-refractivity contribution in [3.63, 3.8) is 0 Å². The van der Waals surface area contributed by atoms with Gasteiger partial charge in [0.15, 0.2) is 12.1 Å². The molecule has 0 aromatic rings. The number of esters is 1. The van der Waals surface area contributed by atoms with Crippen molar-refractivity contribution in [2.75, 3.05) is 20.7 Å². The quantitative estimate of drug-likeness (QED) is 0.353. The van der Waals surface area contributed by atoms with Gasteiger partial charge in [-0.15, -0.1) is 0 Å². The largest absolute Gasteiger partial charge is 0.462 e. The smallest absolute Gasteiger partial charge is 0.306 e. The van der Waals surface area contributed by atoms with E-state index in [0.717, 1.165) is 11.9 Å². The summed E-state index contributed by atoms with van der Waals surface area (Å²) in [7, 11) is 3.81. The predicted molar refractivity (Wildman–Crippen MR) is 152 cm³/mol. The third kappa shape index (κ3) is 9.87. The van der Waals surface area contributed by atoms with Gasteiger partial charge in [0.25, 0.3) is 0 Å². The molecule has 2 aliphatic rings. The molecule has 2 aliphatic heterocycles. The average Bonchev–Trinajstić information content (AvgIpc) is 2.91. The number of aliphatic hydroxyl groups excluding tert-OH is 2. The summed E-state index contributed by atoms with van der Waals surface area (Å²) >= 11 is 0. The molecule has 2 heterocycles. The minimum absolute atomic E-state index is 0.0728. The molecule has 0 aliphatic carbocycles. The Morgan fingerprint density at radius 3 is 2.45 bits per heavy atom. The second kappa shape index (κ2) is 16.5. The van der Waals surface area contributed by atoms with E-state index in [-0.39, 0.29) is 67.0 Å². The first-order valence-electron chi connectivity index (χ1n) is 14.7. The predicted octanol–water partition coefficient (Wildman–Crippen LogP) is 3.46. The number of ketones is 1. The molecule has 9 nitrogen and oxygen atoms in total. The normalized spacial score (nSPS) is 39.3. The Morgan fingerprint density at radius 1 is 1.15 bits per heavy atom. The fourth-order valence-corrected chi connectivity index (χ4v) is 5.84. The standard InChI is InChI=1S/C31H51NO8/c1-8-27-24(18-34)15-19(2)9-11-26(35)21(4)16-23(13-14-33)30(20(3)10-12-28(36)39-27)40-31-29(37)25(32(6)7)17-22(5)38-31/h9,11,14-15,20-25,27,29-31,34,37H,8,10,12-13,16-18H2,1-7H3/b11-9+,19-15+/t20-,21+,22+,23?,24+,25-,27+,29+,30+,31-/m0/s1. The van der Waals surface area contributed by atoms with Gasteiger partial charge in [0.2, 0.25) is 0 Å². The van der Waals surface area contributed by atoms with E-state index in [2.05, 4.69) is 0 Å². The molecule has 0 radical (unpaired) electrons. The molecule has 2 rings (SSSR count). The Kier molecular flexibility index (Phi) is 14.2. The molecule has 40 heavy (non-hydrogen) atoms. The van der Waals surface area contributed by atoms with Crippen LogP contribution in [0.3, 0.4) is 0 Å². The molecule has 0 spiro atoms. The molecule has 0 amide bonds. The van der Waals surface area contributed by atoms with E-state index in [9.17, 15) is 24.6 Å². The maximum atomic E-state index is 13.1. The van der Waals surface area contributed by atoms with Crippen LogP contribution in [0.5, 0.6) is 0 Å². The van der Waals surface area contributed by atoms with Crippen molar-refractivity contribution in [2.45, 2.75) is 110 Å². The number of aldehydes is 1. The minimum Gasteiger partial charge on any atom is -0.462 e. The summed E-state index contributed by atoms with van der Waals surface area (Å²) in [5, 5.41) is 21.1. The Hall–Kier alpha value is -1.91. The van der Waals surface area contributed by atoms with Crippen molar-refractivity contribution in [1.29, 1.82) is 0 Å². The number of carbonyl (C=O) groups excluding carboxylic acids is 3. The highest BCUT2D eigenvalue weighted by Crippen LogP contribution is 2.34. The van der Waals surface area contributed by atoms with Crippen molar-refractivity contribution in [1.82, 2.24) is 4.90 Å². The van der Waals surface area contributed by atoms with Crippen molar-refractivity contribution >= 4 is 18.0 Å². The Bertz CT molecular complexity index is 887. The molecule has 1 unspecified atom stereocenters. The molecule has 10 atom stereocenters. The summed E-state index contributed by atoms with van der Waals surface area (Å²) in [5.41, 5.74) is 0.786. The van der Waals surface area contributed by atoms with E-state index in [1.807, 2.05) is 59.7 Å². The molecule has 0 saturated carbocycles. The highest BCUT2D eigenvalue weighted by Gasteiger charge is 2.41. The van der Waals surface area contributed by atoms with Crippen LogP contribution < -0.4 is 0 Å². The summed E-state index contributed by atoms with van der Waals surface area (Å²) in [6, 6.07) is -0.165. The van der Waals surface area contributed by atoms with Gasteiger partial charge in [-0.05, 0) is 71.5 Å². The van der Waals surface area contributed by atoms with Crippen LogP contribution in [0, 0.1) is 23.7 Å². The summed E-state index contributed by atoms with van der Waals surface area (Å²) in [4.78, 5) is 39.7. The van der Waals surface area contributed by atoms with Gasteiger partial charge in [0.05, 0.1) is 18.8 Å². The van der Waals surface area contributed by atoms with Crippen LogP contribution in [0.1, 0.15) is 73.1 Å². The summed E-state index contributed by atoms with van der Waals surface area (Å²) in [5.74, 6) is -1.74. The Labute approximate surface area is 239 Å². The summed E-state index contributed by atoms with van der Waals surface area (Å²) in [6.07, 6.45) is 5.21. The number of likely N-dealkylation sites (N-methyl/N-ethyl adjacent to an activating group) is 1. The monoisotopic (exact) mass is 565 g/mol. The van der Waals surface area contributed by atoms with Crippen LogP contribution in [0.25, 0.3) is 0 Å². The lowest BCUT2D eigenvalue weighted by atomic mass is 9.80. The number of aliphatic hydroxyl groups is 2. The summed E-state index contributed by atoms with van der Waals surface area (Å²) < 4.78 is 18.3. The van der Waals surface area contributed by atoms with Crippen molar-refractivity contribution in [2.24, 2.45) is 23.7 Å². The van der Waals surface area contributed by atoms with E-state index in [4.69, 9.17) is 14.2 Å². The zero-order valence-electron chi connectivity index (χ0n) is 25.3. The first kappa shape index (κ1) is 34.3. The number of allylic oxidation sites excluding steroid dienone is 3. The van der Waals surface area contributed by atoms with Crippen LogP contribution in [-0.2, 0) is 28.6 Å². The lowest BCUT2D eigenvalue weighted by Gasteiger charge is -2.44. The van der Waals surface area contributed by atoms with E-state index in [1.54, 1.807) is 6.08 Å².